The van der Waals surface area contributed by atoms with Crippen LogP contribution in [0.1, 0.15) is 26.7 Å². The minimum absolute atomic E-state index is 0.991. The first-order valence-corrected chi connectivity index (χ1v) is 3.96. The Morgan fingerprint density at radius 3 is 1.78 bits per heavy atom. The maximum Gasteiger partial charge on any atom is 0.0498 e. The molecule has 1 aliphatic heterocycles. The van der Waals surface area contributed by atoms with E-state index in [1.54, 1.807) is 0 Å². The molecule has 0 radical (unpaired) electrons. The van der Waals surface area contributed by atoms with Gasteiger partial charge in [-0.05, 0) is 18.3 Å². The molecular weight excluding hydrogens is 112 g/mol. The molecule has 54 valence electrons. The highest BCUT2D eigenvalue weighted by Crippen LogP contribution is 2.43. The fourth-order valence-corrected chi connectivity index (χ4v) is 1.09. The second-order valence-electron chi connectivity index (χ2n) is 3.00. The standard InChI is InChI=1S/C5H8O.C3H8/c1-4-2-6-3-5(1)4;1-3-2/h4-5H,1-3H2;3H2,1-2H3/t4-,5+;. The Balaban J connectivity index is 0.000000120. The molecule has 2 rings (SSSR count). The number of fused-ring (bicyclic) bond motifs is 1. The molecule has 1 heterocycles. The van der Waals surface area contributed by atoms with Crippen molar-refractivity contribution in [2.45, 2.75) is 26.7 Å². The molecule has 0 amide bonds. The summed E-state index contributed by atoms with van der Waals surface area (Å²) in [6, 6.07) is 0. The Bertz CT molecular complexity index is 72.6. The summed E-state index contributed by atoms with van der Waals surface area (Å²) in [6.45, 7) is 6.37. The Hall–Kier alpha value is -0.0400. The minimum atomic E-state index is 0.991. The molecule has 2 aliphatic rings. The van der Waals surface area contributed by atoms with Gasteiger partial charge in [-0.25, -0.2) is 0 Å². The number of ether oxygens (including phenoxy) is 1. The van der Waals surface area contributed by atoms with Gasteiger partial charge in [-0.3, -0.25) is 0 Å². The van der Waals surface area contributed by atoms with Gasteiger partial charge in [-0.15, -0.1) is 0 Å². The van der Waals surface area contributed by atoms with Crippen molar-refractivity contribution in [1.82, 2.24) is 0 Å². The van der Waals surface area contributed by atoms with Crippen LogP contribution in [-0.4, -0.2) is 13.2 Å². The zero-order valence-electron chi connectivity index (χ0n) is 6.39. The predicted octanol–water partition coefficient (Wildman–Crippen LogP) is 2.07. The summed E-state index contributed by atoms with van der Waals surface area (Å²) in [5, 5.41) is 0. The number of hydrogen-bond donors (Lipinski definition) is 0. The van der Waals surface area contributed by atoms with E-state index in [9.17, 15) is 0 Å². The Morgan fingerprint density at radius 2 is 1.67 bits per heavy atom. The van der Waals surface area contributed by atoms with Crippen LogP contribution in [0.5, 0.6) is 0 Å². The zero-order chi connectivity index (χ0) is 6.69. The molecule has 0 aromatic carbocycles. The molecule has 0 spiro atoms. The maximum atomic E-state index is 5.11. The van der Waals surface area contributed by atoms with Crippen molar-refractivity contribution < 1.29 is 4.74 Å². The molecule has 0 bridgehead atoms. The predicted molar refractivity (Wildman–Crippen MR) is 38.4 cm³/mol. The normalized spacial score (nSPS) is 36.7. The highest BCUT2D eigenvalue weighted by atomic mass is 16.5. The van der Waals surface area contributed by atoms with Gasteiger partial charge in [-0.2, -0.15) is 0 Å². The van der Waals surface area contributed by atoms with Gasteiger partial charge in [0.05, 0.1) is 0 Å². The van der Waals surface area contributed by atoms with Crippen LogP contribution in [-0.2, 0) is 4.74 Å². The molecule has 0 aromatic heterocycles. The summed E-state index contributed by atoms with van der Waals surface area (Å²) in [7, 11) is 0. The largest absolute Gasteiger partial charge is 0.381 e. The SMILES string of the molecule is C1OC[C@H]2C[C@@H]12.CCC. The monoisotopic (exact) mass is 128 g/mol. The molecule has 1 nitrogen and oxygen atoms in total. The second kappa shape index (κ2) is 3.21. The lowest BCUT2D eigenvalue weighted by molar-refractivity contribution is 0.165. The molecule has 1 aliphatic carbocycles. The molecule has 2 atom stereocenters. The highest BCUT2D eigenvalue weighted by Gasteiger charge is 2.41. The van der Waals surface area contributed by atoms with E-state index in [1.165, 1.54) is 12.8 Å². The first-order chi connectivity index (χ1) is 4.38. The van der Waals surface area contributed by atoms with Gasteiger partial charge in [0.15, 0.2) is 0 Å². The Morgan fingerprint density at radius 1 is 1.22 bits per heavy atom. The van der Waals surface area contributed by atoms with E-state index < -0.39 is 0 Å². The van der Waals surface area contributed by atoms with Gasteiger partial charge in [0.1, 0.15) is 0 Å². The molecule has 9 heavy (non-hydrogen) atoms. The van der Waals surface area contributed by atoms with Crippen molar-refractivity contribution in [3.05, 3.63) is 0 Å². The zero-order valence-corrected chi connectivity index (χ0v) is 6.39. The Kier molecular flexibility index (Phi) is 2.52. The molecule has 0 aromatic rings. The van der Waals surface area contributed by atoms with E-state index in [2.05, 4.69) is 13.8 Å². The molecular formula is C8H16O. The van der Waals surface area contributed by atoms with Gasteiger partial charge in [0, 0.05) is 13.2 Å². The lowest BCUT2D eigenvalue weighted by Gasteiger charge is -1.87. The third-order valence-electron chi connectivity index (χ3n) is 1.73. The third-order valence-corrected chi connectivity index (χ3v) is 1.73. The van der Waals surface area contributed by atoms with Crippen molar-refractivity contribution >= 4 is 0 Å². The van der Waals surface area contributed by atoms with Crippen molar-refractivity contribution in [3.8, 4) is 0 Å². The fourth-order valence-electron chi connectivity index (χ4n) is 1.09. The van der Waals surface area contributed by atoms with Crippen LogP contribution in [0, 0.1) is 11.8 Å². The van der Waals surface area contributed by atoms with E-state index in [4.69, 9.17) is 4.74 Å². The summed E-state index contributed by atoms with van der Waals surface area (Å²) in [5.41, 5.74) is 0. The smallest absolute Gasteiger partial charge is 0.0498 e. The van der Waals surface area contributed by atoms with Gasteiger partial charge < -0.3 is 4.74 Å². The average Bonchev–Trinajstić information content (AvgIpc) is 2.43. The average molecular weight is 128 g/mol. The van der Waals surface area contributed by atoms with E-state index >= 15 is 0 Å². The van der Waals surface area contributed by atoms with Crippen molar-refractivity contribution in [2.24, 2.45) is 11.8 Å². The van der Waals surface area contributed by atoms with Gasteiger partial charge in [-0.1, -0.05) is 20.3 Å². The van der Waals surface area contributed by atoms with Gasteiger partial charge in [0.2, 0.25) is 0 Å². The van der Waals surface area contributed by atoms with E-state index in [1.807, 2.05) is 0 Å². The van der Waals surface area contributed by atoms with Crippen molar-refractivity contribution in [1.29, 1.82) is 0 Å². The van der Waals surface area contributed by atoms with Crippen LogP contribution in [0.15, 0.2) is 0 Å². The summed E-state index contributed by atoms with van der Waals surface area (Å²) in [4.78, 5) is 0. The third kappa shape index (κ3) is 1.98. The van der Waals surface area contributed by atoms with Crippen LogP contribution in [0.3, 0.4) is 0 Å². The fraction of sp³-hybridized carbons (Fsp3) is 1.00. The summed E-state index contributed by atoms with van der Waals surface area (Å²) >= 11 is 0. The summed E-state index contributed by atoms with van der Waals surface area (Å²) < 4.78 is 5.11. The van der Waals surface area contributed by atoms with Crippen LogP contribution >= 0.6 is 0 Å². The van der Waals surface area contributed by atoms with E-state index in [0.717, 1.165) is 25.0 Å². The first-order valence-electron chi connectivity index (χ1n) is 3.96. The number of hydrogen-bond acceptors (Lipinski definition) is 1. The molecule has 0 unspecified atom stereocenters. The lowest BCUT2D eigenvalue weighted by Crippen LogP contribution is -1.86. The van der Waals surface area contributed by atoms with Crippen molar-refractivity contribution in [2.75, 3.05) is 13.2 Å². The quantitative estimate of drug-likeness (QED) is 0.485. The lowest BCUT2D eigenvalue weighted by atomic mass is 10.4. The topological polar surface area (TPSA) is 9.23 Å². The second-order valence-corrected chi connectivity index (χ2v) is 3.00. The first kappa shape index (κ1) is 7.07. The van der Waals surface area contributed by atoms with Crippen LogP contribution in [0.4, 0.5) is 0 Å². The molecule has 1 heteroatoms. The van der Waals surface area contributed by atoms with E-state index in [-0.39, 0.29) is 0 Å². The van der Waals surface area contributed by atoms with Gasteiger partial charge in [0.25, 0.3) is 0 Å². The summed E-state index contributed by atoms with van der Waals surface area (Å²) in [5.74, 6) is 1.98. The number of rotatable bonds is 0. The molecule has 0 N–H and O–H groups in total. The van der Waals surface area contributed by atoms with E-state index in [0.29, 0.717) is 0 Å². The van der Waals surface area contributed by atoms with Crippen LogP contribution < -0.4 is 0 Å². The molecule has 1 saturated carbocycles. The highest BCUT2D eigenvalue weighted by molar-refractivity contribution is 4.89. The van der Waals surface area contributed by atoms with Gasteiger partial charge >= 0.3 is 0 Å². The van der Waals surface area contributed by atoms with Crippen LogP contribution in [0.2, 0.25) is 0 Å². The van der Waals surface area contributed by atoms with Crippen molar-refractivity contribution in [3.63, 3.8) is 0 Å². The Labute approximate surface area is 57.4 Å². The minimum Gasteiger partial charge on any atom is -0.381 e. The van der Waals surface area contributed by atoms with Crippen LogP contribution in [0.25, 0.3) is 0 Å². The summed E-state index contributed by atoms with van der Waals surface area (Å²) in [6.07, 6.45) is 2.71. The molecule has 2 fully saturated rings. The molecule has 1 saturated heterocycles. The maximum absolute atomic E-state index is 5.11.